The maximum absolute atomic E-state index is 11.6. The number of aliphatic carboxylic acids is 1. The Hall–Kier alpha value is -0.570. The smallest absolute Gasteiger partial charge is 0.324 e. The van der Waals surface area contributed by atoms with Crippen molar-refractivity contribution < 1.29 is 9.90 Å². The number of likely N-dealkylation sites (tertiary alicyclic amines) is 1. The molecule has 2 atom stereocenters. The van der Waals surface area contributed by atoms with Crippen LogP contribution in [0.1, 0.15) is 53.4 Å². The Balaban J connectivity index is 2.93. The first-order valence-electron chi connectivity index (χ1n) is 6.46. The van der Waals surface area contributed by atoms with E-state index in [1.54, 1.807) is 0 Å². The van der Waals surface area contributed by atoms with Crippen molar-refractivity contribution in [2.45, 2.75) is 65.0 Å². The van der Waals surface area contributed by atoms with E-state index >= 15 is 0 Å². The normalized spacial score (nSPS) is 28.6. The Morgan fingerprint density at radius 3 is 2.50 bits per heavy atom. The molecule has 16 heavy (non-hydrogen) atoms. The molecule has 1 N–H and O–H groups in total. The predicted molar refractivity (Wildman–Crippen MR) is 65.5 cm³/mol. The summed E-state index contributed by atoms with van der Waals surface area (Å²) in [4.78, 5) is 13.8. The standard InChI is InChI=1S/C13H25NO2/c1-5-7-13(12(15)16)8-6-9-14(13)11(4)10(2)3/h10-11H,5-9H2,1-4H3,(H,15,16). The van der Waals surface area contributed by atoms with Gasteiger partial charge in [-0.15, -0.1) is 0 Å². The van der Waals surface area contributed by atoms with Crippen molar-refractivity contribution in [3.8, 4) is 0 Å². The van der Waals surface area contributed by atoms with Crippen LogP contribution in [0.4, 0.5) is 0 Å². The fraction of sp³-hybridized carbons (Fsp3) is 0.923. The Kier molecular flexibility index (Phi) is 4.36. The molecule has 2 unspecified atom stereocenters. The molecule has 0 radical (unpaired) electrons. The highest BCUT2D eigenvalue weighted by atomic mass is 16.4. The molecule has 0 aromatic heterocycles. The van der Waals surface area contributed by atoms with Crippen LogP contribution in [-0.2, 0) is 4.79 Å². The second-order valence-corrected chi connectivity index (χ2v) is 5.37. The Bertz CT molecular complexity index is 252. The number of hydrogen-bond acceptors (Lipinski definition) is 2. The molecule has 0 amide bonds. The van der Waals surface area contributed by atoms with Crippen LogP contribution in [0.5, 0.6) is 0 Å². The molecular weight excluding hydrogens is 202 g/mol. The molecule has 1 saturated heterocycles. The zero-order valence-electron chi connectivity index (χ0n) is 11.0. The first-order valence-corrected chi connectivity index (χ1v) is 6.46. The largest absolute Gasteiger partial charge is 0.480 e. The Morgan fingerprint density at radius 2 is 2.06 bits per heavy atom. The molecular formula is C13H25NO2. The van der Waals surface area contributed by atoms with E-state index in [-0.39, 0.29) is 0 Å². The molecule has 0 spiro atoms. The van der Waals surface area contributed by atoms with E-state index in [0.29, 0.717) is 12.0 Å². The van der Waals surface area contributed by atoms with Crippen LogP contribution < -0.4 is 0 Å². The van der Waals surface area contributed by atoms with Crippen LogP contribution in [0.3, 0.4) is 0 Å². The van der Waals surface area contributed by atoms with Gasteiger partial charge in [-0.3, -0.25) is 9.69 Å². The van der Waals surface area contributed by atoms with Gasteiger partial charge in [0.1, 0.15) is 5.54 Å². The quantitative estimate of drug-likeness (QED) is 0.785. The number of rotatable bonds is 5. The van der Waals surface area contributed by atoms with Gasteiger partial charge in [0.15, 0.2) is 0 Å². The van der Waals surface area contributed by atoms with Crippen LogP contribution in [-0.4, -0.2) is 34.1 Å². The molecule has 0 bridgehead atoms. The Morgan fingerprint density at radius 1 is 1.44 bits per heavy atom. The molecule has 0 aromatic rings. The van der Waals surface area contributed by atoms with Gasteiger partial charge in [-0.2, -0.15) is 0 Å². The van der Waals surface area contributed by atoms with Gasteiger partial charge >= 0.3 is 5.97 Å². The average Bonchev–Trinajstić information content (AvgIpc) is 2.62. The maximum atomic E-state index is 11.6. The van der Waals surface area contributed by atoms with Crippen molar-refractivity contribution in [2.75, 3.05) is 6.54 Å². The summed E-state index contributed by atoms with van der Waals surface area (Å²) in [7, 11) is 0. The molecule has 1 aliphatic heterocycles. The van der Waals surface area contributed by atoms with Crippen LogP contribution in [0.25, 0.3) is 0 Å². The summed E-state index contributed by atoms with van der Waals surface area (Å²) < 4.78 is 0. The second-order valence-electron chi connectivity index (χ2n) is 5.37. The van der Waals surface area contributed by atoms with Gasteiger partial charge in [-0.05, 0) is 38.6 Å². The topological polar surface area (TPSA) is 40.5 Å². The fourth-order valence-corrected chi connectivity index (χ4v) is 2.87. The molecule has 3 heteroatoms. The van der Waals surface area contributed by atoms with Gasteiger partial charge in [-0.25, -0.2) is 0 Å². The summed E-state index contributed by atoms with van der Waals surface area (Å²) in [6.07, 6.45) is 3.55. The molecule has 1 fully saturated rings. The molecule has 0 aliphatic carbocycles. The van der Waals surface area contributed by atoms with Gasteiger partial charge < -0.3 is 5.11 Å². The summed E-state index contributed by atoms with van der Waals surface area (Å²) >= 11 is 0. The molecule has 0 aromatic carbocycles. The highest BCUT2D eigenvalue weighted by Crippen LogP contribution is 2.37. The van der Waals surface area contributed by atoms with Gasteiger partial charge in [0, 0.05) is 6.04 Å². The summed E-state index contributed by atoms with van der Waals surface area (Å²) in [5, 5.41) is 9.55. The summed E-state index contributed by atoms with van der Waals surface area (Å²) in [6, 6.07) is 0.352. The average molecular weight is 227 g/mol. The third kappa shape index (κ3) is 2.24. The van der Waals surface area contributed by atoms with Crippen LogP contribution in [0.15, 0.2) is 0 Å². The van der Waals surface area contributed by atoms with E-state index in [0.717, 1.165) is 32.2 Å². The van der Waals surface area contributed by atoms with Gasteiger partial charge in [-0.1, -0.05) is 27.2 Å². The molecule has 94 valence electrons. The van der Waals surface area contributed by atoms with Crippen molar-refractivity contribution in [3.05, 3.63) is 0 Å². The Labute approximate surface area is 98.8 Å². The van der Waals surface area contributed by atoms with E-state index in [4.69, 9.17) is 0 Å². The number of carboxylic acids is 1. The second kappa shape index (κ2) is 5.17. The van der Waals surface area contributed by atoms with Gasteiger partial charge in [0.2, 0.25) is 0 Å². The maximum Gasteiger partial charge on any atom is 0.324 e. The lowest BCUT2D eigenvalue weighted by molar-refractivity contribution is -0.152. The lowest BCUT2D eigenvalue weighted by Crippen LogP contribution is -2.55. The minimum absolute atomic E-state index is 0.352. The van der Waals surface area contributed by atoms with Crippen molar-refractivity contribution in [1.82, 2.24) is 4.90 Å². The minimum atomic E-state index is -0.626. The SMILES string of the molecule is CCCC1(C(=O)O)CCCN1C(C)C(C)C. The van der Waals surface area contributed by atoms with Crippen molar-refractivity contribution in [1.29, 1.82) is 0 Å². The van der Waals surface area contributed by atoms with Crippen molar-refractivity contribution in [3.63, 3.8) is 0 Å². The summed E-state index contributed by atoms with van der Waals surface area (Å²) in [6.45, 7) is 9.50. The van der Waals surface area contributed by atoms with Crippen molar-refractivity contribution >= 4 is 5.97 Å². The van der Waals surface area contributed by atoms with E-state index in [1.807, 2.05) is 0 Å². The molecule has 0 saturated carbocycles. The number of hydrogen-bond donors (Lipinski definition) is 1. The van der Waals surface area contributed by atoms with E-state index in [9.17, 15) is 9.90 Å². The highest BCUT2D eigenvalue weighted by molar-refractivity contribution is 5.79. The van der Waals surface area contributed by atoms with Gasteiger partial charge in [0.25, 0.3) is 0 Å². The monoisotopic (exact) mass is 227 g/mol. The molecule has 1 heterocycles. The fourth-order valence-electron chi connectivity index (χ4n) is 2.87. The minimum Gasteiger partial charge on any atom is -0.480 e. The summed E-state index contributed by atoms with van der Waals surface area (Å²) in [5.74, 6) is -0.118. The molecule has 3 nitrogen and oxygen atoms in total. The zero-order valence-corrected chi connectivity index (χ0v) is 11.0. The lowest BCUT2D eigenvalue weighted by Gasteiger charge is -2.40. The molecule has 1 aliphatic rings. The van der Waals surface area contributed by atoms with Crippen LogP contribution in [0.2, 0.25) is 0 Å². The third-order valence-corrected chi connectivity index (χ3v) is 4.06. The van der Waals surface area contributed by atoms with E-state index in [1.165, 1.54) is 0 Å². The van der Waals surface area contributed by atoms with Crippen LogP contribution >= 0.6 is 0 Å². The van der Waals surface area contributed by atoms with Crippen LogP contribution in [0, 0.1) is 5.92 Å². The number of carbonyl (C=O) groups is 1. The number of nitrogens with zero attached hydrogens (tertiary/aromatic N) is 1. The lowest BCUT2D eigenvalue weighted by atomic mass is 9.88. The van der Waals surface area contributed by atoms with Crippen molar-refractivity contribution in [2.24, 2.45) is 5.92 Å². The van der Waals surface area contributed by atoms with E-state index in [2.05, 4.69) is 32.6 Å². The highest BCUT2D eigenvalue weighted by Gasteiger charge is 2.48. The predicted octanol–water partition coefficient (Wildman–Crippen LogP) is 2.75. The molecule has 1 rings (SSSR count). The zero-order chi connectivity index (χ0) is 12.3. The van der Waals surface area contributed by atoms with E-state index < -0.39 is 11.5 Å². The third-order valence-electron chi connectivity index (χ3n) is 4.06. The first kappa shape index (κ1) is 13.5. The number of carboxylic acid groups (broad SMARTS) is 1. The van der Waals surface area contributed by atoms with Gasteiger partial charge in [0.05, 0.1) is 0 Å². The summed E-state index contributed by atoms with van der Waals surface area (Å²) in [5.41, 5.74) is -0.585. The first-order chi connectivity index (χ1) is 7.45.